The lowest BCUT2D eigenvalue weighted by Gasteiger charge is -2.23. The zero-order valence-electron chi connectivity index (χ0n) is 16.1. The van der Waals surface area contributed by atoms with Gasteiger partial charge in [0.25, 0.3) is 0 Å². The minimum Gasteiger partial charge on any atom is -0.0845 e. The van der Waals surface area contributed by atoms with Gasteiger partial charge in [-0.15, -0.1) is 0 Å². The van der Waals surface area contributed by atoms with E-state index in [-0.39, 0.29) is 0 Å². The average Bonchev–Trinajstić information content (AvgIpc) is 2.66. The summed E-state index contributed by atoms with van der Waals surface area (Å²) in [6.07, 6.45) is 2.13. The lowest BCUT2D eigenvalue weighted by Crippen LogP contribution is -2.53. The second-order valence-electron chi connectivity index (χ2n) is 7.03. The van der Waals surface area contributed by atoms with Crippen LogP contribution in [0.5, 0.6) is 0 Å². The Labute approximate surface area is 164 Å². The molecule has 0 N–H and O–H groups in total. The van der Waals surface area contributed by atoms with Gasteiger partial charge >= 0.3 is 0 Å². The van der Waals surface area contributed by atoms with E-state index in [1.165, 1.54) is 37.8 Å². The van der Waals surface area contributed by atoms with Crippen LogP contribution in [0, 0.1) is 13.8 Å². The van der Waals surface area contributed by atoms with Crippen LogP contribution in [0.3, 0.4) is 0 Å². The van der Waals surface area contributed by atoms with Crippen molar-refractivity contribution in [1.82, 2.24) is 0 Å². The van der Waals surface area contributed by atoms with Crippen LogP contribution in [0.4, 0.5) is 0 Å². The number of halogens is 1. The highest BCUT2D eigenvalue weighted by atomic mass is 35.5. The Morgan fingerprint density at radius 2 is 1.38 bits per heavy atom. The monoisotopic (exact) mass is 378 g/mol. The number of benzene rings is 3. The van der Waals surface area contributed by atoms with Gasteiger partial charge in [-0.25, -0.2) is 0 Å². The Hall–Kier alpha value is -1.83. The summed E-state index contributed by atoms with van der Waals surface area (Å²) >= 11 is 6.69. The molecule has 0 aliphatic heterocycles. The molecule has 0 nitrogen and oxygen atoms in total. The summed E-state index contributed by atoms with van der Waals surface area (Å²) in [5.74, 6) is 0. The fraction of sp³-hybridized carbons (Fsp3) is 0.250. The molecule has 134 valence electrons. The number of aryl methyl sites for hydroxylation is 3. The molecule has 26 heavy (non-hydrogen) atoms. The summed E-state index contributed by atoms with van der Waals surface area (Å²) in [4.78, 5) is 0. The highest BCUT2D eigenvalue weighted by Gasteiger charge is 2.24. The van der Waals surface area contributed by atoms with Gasteiger partial charge in [0.05, 0.1) is 0 Å². The molecular formula is C24H27ClSi. The summed E-state index contributed by atoms with van der Waals surface area (Å²) in [5.41, 5.74) is 5.61. The van der Waals surface area contributed by atoms with E-state index in [9.17, 15) is 0 Å². The first-order chi connectivity index (χ1) is 12.5. The third kappa shape index (κ3) is 3.79. The smallest absolute Gasteiger partial charge is 0.0845 e. The normalized spacial score (nSPS) is 12.2. The number of rotatable bonds is 5. The molecule has 0 fully saturated rings. The standard InChI is InChI=1S/C24H27ClSi/c1-5-19-14-20(6-2)16-21(15-19)26(24-12-8-7-11-22(24)25)23-13-9-10-17(3)18(23)4/h7-16,26H,5-6H2,1-4H3. The fourth-order valence-corrected chi connectivity index (χ4v) is 7.61. The fourth-order valence-electron chi connectivity index (χ4n) is 3.69. The number of hydrogen-bond donors (Lipinski definition) is 0. The van der Waals surface area contributed by atoms with E-state index in [0.29, 0.717) is 0 Å². The molecule has 2 heteroatoms. The highest BCUT2D eigenvalue weighted by Crippen LogP contribution is 2.12. The quantitative estimate of drug-likeness (QED) is 0.458. The van der Waals surface area contributed by atoms with E-state index < -0.39 is 8.80 Å². The Balaban J connectivity index is 2.29. The predicted molar refractivity (Wildman–Crippen MR) is 119 cm³/mol. The molecule has 3 aromatic carbocycles. The van der Waals surface area contributed by atoms with Crippen LogP contribution in [0.1, 0.15) is 36.1 Å². The molecular weight excluding hydrogens is 352 g/mol. The summed E-state index contributed by atoms with van der Waals surface area (Å²) in [5, 5.41) is 5.17. The van der Waals surface area contributed by atoms with Crippen molar-refractivity contribution in [1.29, 1.82) is 0 Å². The maximum atomic E-state index is 6.69. The molecule has 3 aromatic rings. The summed E-state index contributed by atoms with van der Waals surface area (Å²) in [6, 6.07) is 22.3. The Morgan fingerprint density at radius 3 is 2.00 bits per heavy atom. The molecule has 1 unspecified atom stereocenters. The van der Waals surface area contributed by atoms with Gasteiger partial charge in [0.15, 0.2) is 0 Å². The SMILES string of the molecule is CCc1cc(CC)cc([SiH](c2ccccc2Cl)c2cccc(C)c2C)c1. The van der Waals surface area contributed by atoms with Crippen molar-refractivity contribution in [2.24, 2.45) is 0 Å². The summed E-state index contributed by atoms with van der Waals surface area (Å²) in [6.45, 7) is 8.94. The van der Waals surface area contributed by atoms with Gasteiger partial charge in [0, 0.05) is 5.02 Å². The zero-order chi connectivity index (χ0) is 18.7. The molecule has 0 saturated carbocycles. The van der Waals surface area contributed by atoms with Gasteiger partial charge in [-0.3, -0.25) is 0 Å². The van der Waals surface area contributed by atoms with Gasteiger partial charge in [-0.1, -0.05) is 85.2 Å². The van der Waals surface area contributed by atoms with Crippen LogP contribution in [0.25, 0.3) is 0 Å². The third-order valence-corrected chi connectivity index (χ3v) is 9.30. The molecule has 0 saturated heterocycles. The van der Waals surface area contributed by atoms with Crippen LogP contribution in [-0.4, -0.2) is 8.80 Å². The highest BCUT2D eigenvalue weighted by molar-refractivity contribution is 6.96. The largest absolute Gasteiger partial charge is 0.135 e. The molecule has 0 aliphatic rings. The van der Waals surface area contributed by atoms with Gasteiger partial charge in [0.1, 0.15) is 8.80 Å². The minimum atomic E-state index is -1.63. The third-order valence-electron chi connectivity index (χ3n) is 5.40. The van der Waals surface area contributed by atoms with Crippen molar-refractivity contribution in [3.63, 3.8) is 0 Å². The summed E-state index contributed by atoms with van der Waals surface area (Å²) < 4.78 is 0. The Bertz CT molecular complexity index is 892. The van der Waals surface area contributed by atoms with Crippen molar-refractivity contribution >= 4 is 36.0 Å². The van der Waals surface area contributed by atoms with Gasteiger partial charge < -0.3 is 0 Å². The second kappa shape index (κ2) is 8.24. The lowest BCUT2D eigenvalue weighted by molar-refractivity contribution is 1.09. The Kier molecular flexibility index (Phi) is 6.00. The first-order valence-electron chi connectivity index (χ1n) is 9.48. The van der Waals surface area contributed by atoms with Crippen LogP contribution >= 0.6 is 11.6 Å². The van der Waals surface area contributed by atoms with Crippen LogP contribution < -0.4 is 15.6 Å². The van der Waals surface area contributed by atoms with E-state index in [0.717, 1.165) is 17.9 Å². The minimum absolute atomic E-state index is 0.894. The zero-order valence-corrected chi connectivity index (χ0v) is 18.1. The van der Waals surface area contributed by atoms with Crippen molar-refractivity contribution in [3.8, 4) is 0 Å². The molecule has 0 aromatic heterocycles. The molecule has 0 aliphatic carbocycles. The molecule has 0 amide bonds. The lowest BCUT2D eigenvalue weighted by atomic mass is 10.1. The first kappa shape index (κ1) is 18.9. The van der Waals surface area contributed by atoms with Gasteiger partial charge in [-0.05, 0) is 65.4 Å². The van der Waals surface area contributed by atoms with Crippen LogP contribution in [0.15, 0.2) is 60.7 Å². The summed E-state index contributed by atoms with van der Waals surface area (Å²) in [7, 11) is -1.63. The maximum absolute atomic E-state index is 6.69. The van der Waals surface area contributed by atoms with Crippen LogP contribution in [0.2, 0.25) is 5.02 Å². The van der Waals surface area contributed by atoms with Gasteiger partial charge in [-0.2, -0.15) is 0 Å². The molecule has 0 bridgehead atoms. The molecule has 3 rings (SSSR count). The van der Waals surface area contributed by atoms with E-state index in [1.807, 2.05) is 12.1 Å². The van der Waals surface area contributed by atoms with E-state index in [1.54, 1.807) is 0 Å². The van der Waals surface area contributed by atoms with Crippen molar-refractivity contribution in [2.75, 3.05) is 0 Å². The van der Waals surface area contributed by atoms with E-state index in [2.05, 4.69) is 76.2 Å². The van der Waals surface area contributed by atoms with E-state index >= 15 is 0 Å². The Morgan fingerprint density at radius 1 is 0.769 bits per heavy atom. The topological polar surface area (TPSA) is 0 Å². The maximum Gasteiger partial charge on any atom is 0.135 e. The van der Waals surface area contributed by atoms with Crippen molar-refractivity contribution in [2.45, 2.75) is 40.5 Å². The number of hydrogen-bond acceptors (Lipinski definition) is 0. The molecule has 0 radical (unpaired) electrons. The predicted octanol–water partition coefficient (Wildman–Crippen LogP) is 4.33. The average molecular weight is 379 g/mol. The molecule has 1 atom stereocenters. The van der Waals surface area contributed by atoms with Crippen LogP contribution in [-0.2, 0) is 12.8 Å². The van der Waals surface area contributed by atoms with Crippen molar-refractivity contribution < 1.29 is 0 Å². The van der Waals surface area contributed by atoms with Crippen molar-refractivity contribution in [3.05, 3.63) is 87.9 Å². The molecule has 0 heterocycles. The van der Waals surface area contributed by atoms with E-state index in [4.69, 9.17) is 11.6 Å². The van der Waals surface area contributed by atoms with Gasteiger partial charge in [0.2, 0.25) is 0 Å². The first-order valence-corrected chi connectivity index (χ1v) is 11.6. The second-order valence-corrected chi connectivity index (χ2v) is 10.2. The molecule has 0 spiro atoms.